The maximum atomic E-state index is 13.7. The number of nitrogens with one attached hydrogen (secondary N) is 2. The van der Waals surface area contributed by atoms with E-state index >= 15 is 0 Å². The van der Waals surface area contributed by atoms with E-state index < -0.39 is 0 Å². The Kier molecular flexibility index (Phi) is 9.55. The number of nitrogens with zero attached hydrogens (tertiary/aromatic N) is 2. The highest BCUT2D eigenvalue weighted by molar-refractivity contribution is 14.0. The molecule has 3 rings (SSSR count). The third-order valence-corrected chi connectivity index (χ3v) is 5.22. The number of aliphatic imine (C=N–C) groups is 1. The van der Waals surface area contributed by atoms with Gasteiger partial charge in [0.05, 0.1) is 0 Å². The third-order valence-electron chi connectivity index (χ3n) is 5.22. The summed E-state index contributed by atoms with van der Waals surface area (Å²) in [5, 5.41) is 6.43. The number of piperidine rings is 1. The number of hydrogen-bond acceptors (Lipinski definition) is 2. The van der Waals surface area contributed by atoms with Gasteiger partial charge in [-0.25, -0.2) is 4.39 Å². The van der Waals surface area contributed by atoms with Crippen molar-refractivity contribution in [2.45, 2.75) is 39.3 Å². The fraction of sp³-hybridized carbons (Fsp3) is 0.391. The van der Waals surface area contributed by atoms with Gasteiger partial charge < -0.3 is 15.5 Å². The number of rotatable bonds is 5. The Morgan fingerprint density at radius 2 is 1.60 bits per heavy atom. The highest BCUT2D eigenvalue weighted by atomic mass is 127. The van der Waals surface area contributed by atoms with E-state index in [1.807, 2.05) is 35.2 Å². The Hall–Kier alpha value is -2.16. The highest BCUT2D eigenvalue weighted by Crippen LogP contribution is 2.14. The van der Waals surface area contributed by atoms with Crippen molar-refractivity contribution in [1.29, 1.82) is 0 Å². The predicted molar refractivity (Wildman–Crippen MR) is 130 cm³/mol. The van der Waals surface area contributed by atoms with E-state index in [2.05, 4.69) is 15.6 Å². The van der Waals surface area contributed by atoms with Crippen molar-refractivity contribution in [1.82, 2.24) is 15.5 Å². The summed E-state index contributed by atoms with van der Waals surface area (Å²) >= 11 is 0. The lowest BCUT2D eigenvalue weighted by Crippen LogP contribution is -2.36. The van der Waals surface area contributed by atoms with Gasteiger partial charge in [-0.3, -0.25) is 9.79 Å². The molecule has 2 aromatic rings. The normalized spacial score (nSPS) is 14.1. The number of amides is 1. The van der Waals surface area contributed by atoms with Crippen molar-refractivity contribution in [2.24, 2.45) is 4.99 Å². The van der Waals surface area contributed by atoms with Gasteiger partial charge in [0, 0.05) is 38.8 Å². The van der Waals surface area contributed by atoms with Crippen LogP contribution >= 0.6 is 24.0 Å². The van der Waals surface area contributed by atoms with Gasteiger partial charge in [0.25, 0.3) is 5.91 Å². The minimum Gasteiger partial charge on any atom is -0.352 e. The van der Waals surface area contributed by atoms with Crippen molar-refractivity contribution in [3.8, 4) is 0 Å². The predicted octanol–water partition coefficient (Wildman–Crippen LogP) is 4.24. The largest absolute Gasteiger partial charge is 0.352 e. The van der Waals surface area contributed by atoms with Crippen molar-refractivity contribution in [2.75, 3.05) is 20.1 Å². The second kappa shape index (κ2) is 11.9. The second-order valence-electron chi connectivity index (χ2n) is 7.41. The van der Waals surface area contributed by atoms with Crippen LogP contribution in [0.4, 0.5) is 4.39 Å². The Balaban J connectivity index is 0.00000320. The number of guanidine groups is 1. The smallest absolute Gasteiger partial charge is 0.253 e. The van der Waals surface area contributed by atoms with E-state index in [0.29, 0.717) is 24.6 Å². The Morgan fingerprint density at radius 3 is 2.20 bits per heavy atom. The molecule has 7 heteroatoms. The summed E-state index contributed by atoms with van der Waals surface area (Å²) in [7, 11) is 1.70. The van der Waals surface area contributed by atoms with Gasteiger partial charge in [-0.1, -0.05) is 24.3 Å². The highest BCUT2D eigenvalue weighted by Gasteiger charge is 2.17. The Morgan fingerprint density at radius 1 is 1.00 bits per heavy atom. The van der Waals surface area contributed by atoms with Crippen molar-refractivity contribution >= 4 is 35.8 Å². The topological polar surface area (TPSA) is 56.7 Å². The average Bonchev–Trinajstić information content (AvgIpc) is 2.76. The molecule has 2 aromatic carbocycles. The van der Waals surface area contributed by atoms with Gasteiger partial charge in [0.15, 0.2) is 5.96 Å². The molecular formula is C23H30FIN4O. The van der Waals surface area contributed by atoms with Crippen LogP contribution in [0.1, 0.15) is 46.3 Å². The Labute approximate surface area is 195 Å². The van der Waals surface area contributed by atoms with Crippen LogP contribution in [0.25, 0.3) is 0 Å². The molecule has 0 aliphatic carbocycles. The maximum Gasteiger partial charge on any atom is 0.253 e. The van der Waals surface area contributed by atoms with Crippen LogP contribution in [-0.4, -0.2) is 36.9 Å². The van der Waals surface area contributed by atoms with Gasteiger partial charge in [0.1, 0.15) is 5.82 Å². The molecule has 1 aliphatic rings. The molecule has 162 valence electrons. The first-order valence-electron chi connectivity index (χ1n) is 10.1. The molecule has 1 heterocycles. The monoisotopic (exact) mass is 524 g/mol. The van der Waals surface area contributed by atoms with Crippen LogP contribution in [0.2, 0.25) is 0 Å². The second-order valence-corrected chi connectivity index (χ2v) is 7.41. The van der Waals surface area contributed by atoms with E-state index in [0.717, 1.165) is 42.6 Å². The molecule has 1 aliphatic heterocycles. The molecular weight excluding hydrogens is 494 g/mol. The lowest BCUT2D eigenvalue weighted by Gasteiger charge is -2.26. The van der Waals surface area contributed by atoms with Crippen molar-refractivity contribution in [3.63, 3.8) is 0 Å². The van der Waals surface area contributed by atoms with Gasteiger partial charge in [-0.2, -0.15) is 0 Å². The Bertz CT molecular complexity index is 864. The van der Waals surface area contributed by atoms with E-state index in [1.165, 1.54) is 12.5 Å². The molecule has 0 spiro atoms. The van der Waals surface area contributed by atoms with Crippen LogP contribution in [0.5, 0.6) is 0 Å². The lowest BCUT2D eigenvalue weighted by atomic mass is 10.1. The number of benzene rings is 2. The number of carbonyl (C=O) groups excluding carboxylic acids is 1. The first kappa shape index (κ1) is 24.1. The third kappa shape index (κ3) is 6.68. The molecule has 2 N–H and O–H groups in total. The summed E-state index contributed by atoms with van der Waals surface area (Å²) in [5.74, 6) is 0.554. The maximum absolute atomic E-state index is 13.7. The van der Waals surface area contributed by atoms with Crippen LogP contribution in [-0.2, 0) is 13.1 Å². The summed E-state index contributed by atoms with van der Waals surface area (Å²) in [6.45, 7) is 4.53. The van der Waals surface area contributed by atoms with Crippen LogP contribution in [0.15, 0.2) is 47.5 Å². The van der Waals surface area contributed by atoms with Gasteiger partial charge in [-0.05, 0) is 61.1 Å². The van der Waals surface area contributed by atoms with Gasteiger partial charge in [-0.15, -0.1) is 24.0 Å². The zero-order valence-electron chi connectivity index (χ0n) is 17.6. The van der Waals surface area contributed by atoms with Crippen molar-refractivity contribution in [3.05, 3.63) is 70.5 Å². The molecule has 5 nitrogen and oxygen atoms in total. The number of halogens is 2. The number of hydrogen-bond donors (Lipinski definition) is 2. The minimum absolute atomic E-state index is 0. The number of carbonyl (C=O) groups is 1. The first-order valence-corrected chi connectivity index (χ1v) is 10.1. The molecule has 0 bridgehead atoms. The molecule has 30 heavy (non-hydrogen) atoms. The van der Waals surface area contributed by atoms with E-state index in [-0.39, 0.29) is 35.7 Å². The quantitative estimate of drug-likeness (QED) is 0.350. The van der Waals surface area contributed by atoms with Crippen molar-refractivity contribution < 1.29 is 9.18 Å². The standard InChI is InChI=1S/C23H29FN4O.HI/c1-17-6-7-19(14-21(17)24)16-27-23(25-2)26-15-18-8-10-20(11-9-18)22(29)28-12-4-3-5-13-28;/h6-11,14H,3-5,12-13,15-16H2,1-2H3,(H2,25,26,27);1H. The van der Waals surface area contributed by atoms with E-state index in [1.54, 1.807) is 20.0 Å². The lowest BCUT2D eigenvalue weighted by molar-refractivity contribution is 0.0724. The average molecular weight is 524 g/mol. The first-order chi connectivity index (χ1) is 14.1. The molecule has 1 saturated heterocycles. The van der Waals surface area contributed by atoms with Crippen LogP contribution in [0, 0.1) is 12.7 Å². The van der Waals surface area contributed by atoms with Crippen LogP contribution < -0.4 is 10.6 Å². The SMILES string of the molecule is CN=C(NCc1ccc(C(=O)N2CCCCC2)cc1)NCc1ccc(C)c(F)c1.I. The fourth-order valence-corrected chi connectivity index (χ4v) is 3.38. The molecule has 0 radical (unpaired) electrons. The van der Waals surface area contributed by atoms with Crippen LogP contribution in [0.3, 0.4) is 0 Å². The zero-order chi connectivity index (χ0) is 20.6. The minimum atomic E-state index is -0.202. The molecule has 1 amide bonds. The molecule has 0 aromatic heterocycles. The summed E-state index contributed by atoms with van der Waals surface area (Å²) in [5.41, 5.74) is 3.29. The molecule has 1 fully saturated rings. The summed E-state index contributed by atoms with van der Waals surface area (Å²) in [6, 6.07) is 12.9. The number of likely N-dealkylation sites (tertiary alicyclic amines) is 1. The van der Waals surface area contributed by atoms with E-state index in [9.17, 15) is 9.18 Å². The van der Waals surface area contributed by atoms with Gasteiger partial charge >= 0.3 is 0 Å². The van der Waals surface area contributed by atoms with E-state index in [4.69, 9.17) is 0 Å². The fourth-order valence-electron chi connectivity index (χ4n) is 3.38. The zero-order valence-corrected chi connectivity index (χ0v) is 19.9. The molecule has 0 atom stereocenters. The number of aryl methyl sites for hydroxylation is 1. The summed E-state index contributed by atoms with van der Waals surface area (Å²) in [6.07, 6.45) is 3.40. The summed E-state index contributed by atoms with van der Waals surface area (Å²) < 4.78 is 13.7. The van der Waals surface area contributed by atoms with Gasteiger partial charge in [0.2, 0.25) is 0 Å². The summed E-state index contributed by atoms with van der Waals surface area (Å²) in [4.78, 5) is 18.7. The molecule has 0 unspecified atom stereocenters. The molecule has 0 saturated carbocycles.